The van der Waals surface area contributed by atoms with Gasteiger partial charge < -0.3 is 15.6 Å². The number of rotatable bonds is 5. The molecule has 0 radical (unpaired) electrons. The quantitative estimate of drug-likeness (QED) is 0.369. The van der Waals surface area contributed by atoms with Gasteiger partial charge in [0.15, 0.2) is 5.78 Å². The lowest BCUT2D eigenvalue weighted by molar-refractivity contribution is -0.116. The minimum absolute atomic E-state index is 0.00425. The number of benzene rings is 3. The van der Waals surface area contributed by atoms with Crippen LogP contribution < -0.4 is 5.73 Å². The van der Waals surface area contributed by atoms with E-state index in [1.165, 1.54) is 12.1 Å². The molecule has 3 aromatic rings. The van der Waals surface area contributed by atoms with Crippen LogP contribution in [0.25, 0.3) is 5.57 Å². The Balaban J connectivity index is 2.00. The Kier molecular flexibility index (Phi) is 6.11. The van der Waals surface area contributed by atoms with Crippen LogP contribution in [-0.2, 0) is 15.0 Å². The van der Waals surface area contributed by atoms with Gasteiger partial charge >= 0.3 is 5.97 Å². The Hall–Kier alpha value is -3.41. The Morgan fingerprint density at radius 2 is 1.76 bits per heavy atom. The Labute approximate surface area is 200 Å². The van der Waals surface area contributed by atoms with Crippen LogP contribution in [0.3, 0.4) is 0 Å². The van der Waals surface area contributed by atoms with E-state index in [2.05, 4.69) is 0 Å². The number of nitrogen functional groups attached to an aromatic ring is 1. The molecule has 166 valence electrons. The molecule has 33 heavy (non-hydrogen) atoms. The summed E-state index contributed by atoms with van der Waals surface area (Å²) in [6.45, 7) is 0. The smallest absolute Gasteiger partial charge is 0.335 e. The average Bonchev–Trinajstić information content (AvgIpc) is 2.79. The van der Waals surface area contributed by atoms with Gasteiger partial charge in [-0.05, 0) is 53.1 Å². The molecular weight excluding hydrogens is 461 g/mol. The molecule has 7 heteroatoms. The van der Waals surface area contributed by atoms with Crippen molar-refractivity contribution in [1.82, 2.24) is 0 Å². The van der Waals surface area contributed by atoms with Crippen LogP contribution in [0.15, 0.2) is 72.8 Å². The molecule has 5 nitrogen and oxygen atoms in total. The Morgan fingerprint density at radius 3 is 2.42 bits per heavy atom. The van der Waals surface area contributed by atoms with E-state index in [0.29, 0.717) is 32.4 Å². The second kappa shape index (κ2) is 8.85. The van der Waals surface area contributed by atoms with Crippen molar-refractivity contribution in [2.24, 2.45) is 0 Å². The maximum absolute atomic E-state index is 13.3. The van der Waals surface area contributed by atoms with Gasteiger partial charge in [0.1, 0.15) is 6.29 Å². The van der Waals surface area contributed by atoms with E-state index in [1.807, 2.05) is 6.07 Å². The lowest BCUT2D eigenvalue weighted by Crippen LogP contribution is -2.39. The van der Waals surface area contributed by atoms with E-state index in [-0.39, 0.29) is 23.3 Å². The molecular formula is C26H19Cl2NO4. The van der Waals surface area contributed by atoms with E-state index in [1.54, 1.807) is 54.6 Å². The number of allylic oxidation sites excluding steroid dienone is 2. The van der Waals surface area contributed by atoms with E-state index in [4.69, 9.17) is 28.9 Å². The molecule has 0 fully saturated rings. The molecule has 0 spiro atoms. The number of aromatic carboxylic acids is 1. The second-order valence-electron chi connectivity index (χ2n) is 7.96. The first-order valence-electron chi connectivity index (χ1n) is 10.1. The maximum atomic E-state index is 13.3. The average molecular weight is 480 g/mol. The van der Waals surface area contributed by atoms with Gasteiger partial charge in [0.25, 0.3) is 0 Å². The number of ketones is 1. The minimum atomic E-state index is -1.30. The van der Waals surface area contributed by atoms with Crippen LogP contribution in [0, 0.1) is 0 Å². The third kappa shape index (κ3) is 4.17. The van der Waals surface area contributed by atoms with Crippen LogP contribution in [-0.4, -0.2) is 23.1 Å². The van der Waals surface area contributed by atoms with Crippen molar-refractivity contribution in [3.63, 3.8) is 0 Å². The van der Waals surface area contributed by atoms with Gasteiger partial charge in [0.2, 0.25) is 0 Å². The predicted molar refractivity (Wildman–Crippen MR) is 129 cm³/mol. The number of hydrogen-bond acceptors (Lipinski definition) is 4. The molecule has 1 aliphatic carbocycles. The first kappa shape index (κ1) is 22.8. The highest BCUT2D eigenvalue weighted by Gasteiger charge is 2.46. The summed E-state index contributed by atoms with van der Waals surface area (Å²) >= 11 is 12.3. The number of Topliss-reactive ketones (excluding diaryl/α,β-unsaturated/α-hetero) is 1. The highest BCUT2D eigenvalue weighted by Crippen LogP contribution is 2.49. The summed E-state index contributed by atoms with van der Waals surface area (Å²) in [5.74, 6) is -1.90. The van der Waals surface area contributed by atoms with Crippen molar-refractivity contribution in [1.29, 1.82) is 0 Å². The molecule has 0 bridgehead atoms. The van der Waals surface area contributed by atoms with Gasteiger partial charge in [-0.3, -0.25) is 4.79 Å². The summed E-state index contributed by atoms with van der Waals surface area (Å²) in [7, 11) is 0. The molecule has 0 aliphatic heterocycles. The topological polar surface area (TPSA) is 97.5 Å². The number of hydrogen-bond donors (Lipinski definition) is 2. The van der Waals surface area contributed by atoms with Crippen LogP contribution >= 0.6 is 23.2 Å². The van der Waals surface area contributed by atoms with Crippen molar-refractivity contribution < 1.29 is 19.5 Å². The highest BCUT2D eigenvalue weighted by atomic mass is 35.5. The number of carboxylic acid groups (broad SMARTS) is 1. The summed E-state index contributed by atoms with van der Waals surface area (Å²) in [5.41, 5.74) is 7.26. The number of aldehydes is 1. The molecule has 2 atom stereocenters. The normalized spacial score (nSPS) is 20.2. The van der Waals surface area contributed by atoms with Crippen molar-refractivity contribution in [3.05, 3.63) is 105 Å². The van der Waals surface area contributed by atoms with E-state index >= 15 is 0 Å². The minimum Gasteiger partial charge on any atom is -0.478 e. The number of halogens is 2. The number of anilines is 1. The molecule has 3 N–H and O–H groups in total. The standard InChI is InChI=1S/C26H19Cl2NO4/c27-18-6-2-4-16(10-18)22-12-24(31)20(15-3-1-5-17(9-15)25(32)33)13-26(22,14-30)21-8-7-19(28)11-23(21)29/h1-11,13-14,22H,12,29H2,(H,32,33)/t22-,26-/m0/s1. The first-order chi connectivity index (χ1) is 15.7. The van der Waals surface area contributed by atoms with Crippen LogP contribution in [0.1, 0.15) is 39.4 Å². The van der Waals surface area contributed by atoms with Gasteiger partial charge in [0.05, 0.1) is 11.0 Å². The van der Waals surface area contributed by atoms with Crippen molar-refractivity contribution in [2.75, 3.05) is 5.73 Å². The molecule has 0 saturated carbocycles. The maximum Gasteiger partial charge on any atom is 0.335 e. The SMILES string of the molecule is Nc1cc(Cl)ccc1[C@@]1(C=O)C=C(c2cccc(C(=O)O)c2)C(=O)C[C@H]1c1cccc(Cl)c1. The molecule has 0 saturated heterocycles. The Morgan fingerprint density at radius 1 is 1.03 bits per heavy atom. The summed E-state index contributed by atoms with van der Waals surface area (Å²) in [6, 6.07) is 18.0. The van der Waals surface area contributed by atoms with Crippen LogP contribution in [0.2, 0.25) is 10.0 Å². The molecule has 0 aromatic heterocycles. The molecule has 0 unspecified atom stereocenters. The van der Waals surface area contributed by atoms with Gasteiger partial charge in [-0.15, -0.1) is 0 Å². The monoisotopic (exact) mass is 479 g/mol. The lowest BCUT2D eigenvalue weighted by atomic mass is 9.61. The largest absolute Gasteiger partial charge is 0.478 e. The Bertz CT molecular complexity index is 1320. The number of carbonyl (C=O) groups is 3. The van der Waals surface area contributed by atoms with E-state index in [0.717, 1.165) is 6.29 Å². The zero-order valence-electron chi connectivity index (χ0n) is 17.3. The van der Waals surface area contributed by atoms with Gasteiger partial charge in [-0.25, -0.2) is 4.79 Å². The fourth-order valence-corrected chi connectivity index (χ4v) is 4.82. The number of nitrogens with two attached hydrogens (primary N) is 1. The zero-order valence-corrected chi connectivity index (χ0v) is 18.8. The van der Waals surface area contributed by atoms with Gasteiger partial charge in [-0.2, -0.15) is 0 Å². The number of carboxylic acids is 1. The van der Waals surface area contributed by atoms with Crippen LogP contribution in [0.4, 0.5) is 5.69 Å². The highest BCUT2D eigenvalue weighted by molar-refractivity contribution is 6.31. The fourth-order valence-electron chi connectivity index (χ4n) is 4.44. The third-order valence-electron chi connectivity index (χ3n) is 6.00. The number of carbonyl (C=O) groups excluding carboxylic acids is 2. The summed E-state index contributed by atoms with van der Waals surface area (Å²) in [5, 5.41) is 10.3. The fraction of sp³-hybridized carbons (Fsp3) is 0.115. The summed E-state index contributed by atoms with van der Waals surface area (Å²) in [6.07, 6.45) is 2.38. The van der Waals surface area contributed by atoms with Gasteiger partial charge in [0, 0.05) is 33.6 Å². The third-order valence-corrected chi connectivity index (χ3v) is 6.47. The molecule has 4 rings (SSSR count). The van der Waals surface area contributed by atoms with Gasteiger partial charge in [-0.1, -0.05) is 59.6 Å². The molecule has 0 amide bonds. The summed E-state index contributed by atoms with van der Waals surface area (Å²) in [4.78, 5) is 37.6. The zero-order chi connectivity index (χ0) is 23.8. The van der Waals surface area contributed by atoms with E-state index in [9.17, 15) is 19.5 Å². The van der Waals surface area contributed by atoms with Crippen molar-refractivity contribution in [3.8, 4) is 0 Å². The molecule has 1 aliphatic rings. The molecule has 0 heterocycles. The van der Waals surface area contributed by atoms with E-state index < -0.39 is 17.3 Å². The lowest BCUT2D eigenvalue weighted by Gasteiger charge is -2.39. The predicted octanol–water partition coefficient (Wildman–Crippen LogP) is 5.55. The van der Waals surface area contributed by atoms with Crippen LogP contribution in [0.5, 0.6) is 0 Å². The van der Waals surface area contributed by atoms with Crippen molar-refractivity contribution >= 4 is 52.5 Å². The molecule has 3 aromatic carbocycles. The first-order valence-corrected chi connectivity index (χ1v) is 10.9. The van der Waals surface area contributed by atoms with Crippen molar-refractivity contribution in [2.45, 2.75) is 17.8 Å². The second-order valence-corrected chi connectivity index (χ2v) is 8.83. The summed E-state index contributed by atoms with van der Waals surface area (Å²) < 4.78 is 0.